The van der Waals surface area contributed by atoms with Gasteiger partial charge in [-0.15, -0.1) is 0 Å². The van der Waals surface area contributed by atoms with E-state index in [9.17, 15) is 30.6 Å². The van der Waals surface area contributed by atoms with Crippen LogP contribution in [0.1, 0.15) is 361 Å². The lowest BCUT2D eigenvalue weighted by molar-refractivity contribution is 0.420. The van der Waals surface area contributed by atoms with E-state index in [0.29, 0.717) is 33.4 Å². The summed E-state index contributed by atoms with van der Waals surface area (Å²) in [5.41, 5.74) is 12.6. The molecule has 0 unspecified atom stereocenters. The highest BCUT2D eigenvalue weighted by molar-refractivity contribution is 5.67. The van der Waals surface area contributed by atoms with Crippen LogP contribution in [0.5, 0.6) is 34.5 Å². The number of rotatable bonds is 6. The van der Waals surface area contributed by atoms with Gasteiger partial charge in [0.2, 0.25) is 0 Å². The molecule has 0 aliphatic carbocycles. The summed E-state index contributed by atoms with van der Waals surface area (Å²) in [6.07, 6.45) is 0. The van der Waals surface area contributed by atoms with Gasteiger partial charge in [-0.2, -0.15) is 0 Å². The van der Waals surface area contributed by atoms with E-state index in [4.69, 9.17) is 0 Å². The second-order valence-corrected chi connectivity index (χ2v) is 39.6. The molecule has 0 amide bonds. The summed E-state index contributed by atoms with van der Waals surface area (Å²) in [7, 11) is 0. The molecule has 6 N–H and O–H groups in total. The van der Waals surface area contributed by atoms with Crippen LogP contribution in [0.15, 0.2) is 72.8 Å². The maximum Gasteiger partial charge on any atom is 0.123 e. The van der Waals surface area contributed by atoms with Crippen LogP contribution in [0, 0.1) is 0 Å². The van der Waals surface area contributed by atoms with Crippen LogP contribution in [-0.2, 0) is 65.0 Å². The van der Waals surface area contributed by atoms with Gasteiger partial charge < -0.3 is 30.6 Å². The van der Waals surface area contributed by atoms with Gasteiger partial charge in [-0.3, -0.25) is 0 Å². The molecule has 0 atom stereocenters. The summed E-state index contributed by atoms with van der Waals surface area (Å²) in [5, 5.41) is 74.1. The predicted octanol–water partition coefficient (Wildman–Crippen LogP) is 23.5. The summed E-state index contributed by atoms with van der Waals surface area (Å²) in [4.78, 5) is 0. The Bertz CT molecular complexity index is 3050. The Kier molecular flexibility index (Phi) is 20.6. The average Bonchev–Trinajstić information content (AvgIpc) is 0.741. The molecule has 0 aromatic heterocycles. The maximum atomic E-state index is 12.3. The second kappa shape index (κ2) is 24.7. The van der Waals surface area contributed by atoms with E-state index < -0.39 is 11.8 Å². The van der Waals surface area contributed by atoms with E-state index in [2.05, 4.69) is 322 Å². The quantitative estimate of drug-likeness (QED) is 0.0924. The van der Waals surface area contributed by atoms with Crippen molar-refractivity contribution in [3.05, 3.63) is 173 Å². The van der Waals surface area contributed by atoms with Crippen LogP contribution in [0.2, 0.25) is 0 Å². The number of benzene rings is 6. The summed E-state index contributed by atoms with van der Waals surface area (Å²) < 4.78 is 0. The van der Waals surface area contributed by atoms with Crippen LogP contribution in [-0.4, -0.2) is 30.6 Å². The molecule has 0 saturated heterocycles. The van der Waals surface area contributed by atoms with Crippen LogP contribution in [0.3, 0.4) is 0 Å². The second-order valence-electron chi connectivity index (χ2n) is 39.6. The lowest BCUT2D eigenvalue weighted by atomic mass is 9.70. The fourth-order valence-corrected chi connectivity index (χ4v) is 12.3. The van der Waals surface area contributed by atoms with Crippen molar-refractivity contribution >= 4 is 0 Å². The van der Waals surface area contributed by atoms with Gasteiger partial charge >= 0.3 is 0 Å². The van der Waals surface area contributed by atoms with Crippen molar-refractivity contribution in [2.45, 2.75) is 326 Å². The van der Waals surface area contributed by atoms with E-state index in [1.807, 2.05) is 0 Å². The van der Waals surface area contributed by atoms with Gasteiger partial charge in [0, 0.05) is 45.2 Å². The van der Waals surface area contributed by atoms with E-state index in [1.165, 1.54) is 0 Å². The predicted molar refractivity (Wildman–Crippen MR) is 395 cm³/mol. The highest BCUT2D eigenvalue weighted by atomic mass is 16.3. The first-order valence-electron chi connectivity index (χ1n) is 34.0. The Morgan fingerprint density at radius 2 is 0.261 bits per heavy atom. The standard InChI is InChI=1S/2C43H64O3/c2*1-38(2,3)25-19-28(35(44)31(22-25)41(10,11)12)34(29-20-26(39(4,5)6)23-32(36(29)45)42(13,14)15)30-21-27(40(7,8)9)24-33(37(30)46)43(16,17)18/h2*19-24,34,44-46H,1-18H3. The Morgan fingerprint density at radius 1 is 0.163 bits per heavy atom. The van der Waals surface area contributed by atoms with Gasteiger partial charge in [-0.1, -0.05) is 322 Å². The first-order chi connectivity index (χ1) is 40.7. The molecular formula is C86H128O6. The first kappa shape index (κ1) is 76.8. The largest absolute Gasteiger partial charge is 0.507 e. The first-order valence-corrected chi connectivity index (χ1v) is 34.0. The molecule has 0 heterocycles. The van der Waals surface area contributed by atoms with Crippen molar-refractivity contribution in [1.29, 1.82) is 0 Å². The zero-order chi connectivity index (χ0) is 71.5. The van der Waals surface area contributed by atoms with Crippen molar-refractivity contribution in [2.75, 3.05) is 0 Å². The SMILES string of the molecule is CC(C)(C)c1cc(C(c2cc(C(C)(C)C)cc(C(C)(C)C)c2O)c2cc(C(C)(C)C)cc(C(C)(C)C)c2O)c(O)c(C(C)(C)C)c1.CC(C)(C)c1cc(C(c2cc(C(C)(C)C)cc(C(C)(C)C)c2O)c2cc(C(C)(C)C)cc(C(C)(C)C)c2O)c(O)c(C(C)(C)C)c1. The van der Waals surface area contributed by atoms with Crippen molar-refractivity contribution < 1.29 is 30.6 Å². The third kappa shape index (κ3) is 16.8. The van der Waals surface area contributed by atoms with Crippen molar-refractivity contribution in [3.8, 4) is 34.5 Å². The monoisotopic (exact) mass is 1260 g/mol. The molecule has 6 rings (SSSR count). The zero-order valence-corrected chi connectivity index (χ0v) is 64.8. The molecular weight excluding hydrogens is 1130 g/mol. The fourth-order valence-electron chi connectivity index (χ4n) is 12.3. The third-order valence-corrected chi connectivity index (χ3v) is 18.7. The van der Waals surface area contributed by atoms with E-state index >= 15 is 0 Å². The minimum atomic E-state index is -0.643. The lowest BCUT2D eigenvalue weighted by Crippen LogP contribution is -2.22. The minimum Gasteiger partial charge on any atom is -0.507 e. The molecule has 0 fully saturated rings. The van der Waals surface area contributed by atoms with Crippen molar-refractivity contribution in [1.82, 2.24) is 0 Å². The van der Waals surface area contributed by atoms with Gasteiger partial charge in [-0.25, -0.2) is 0 Å². The molecule has 0 bridgehead atoms. The Labute approximate surface area is 561 Å². The van der Waals surface area contributed by atoms with E-state index in [1.54, 1.807) is 0 Å². The number of hydrogen-bond acceptors (Lipinski definition) is 6. The van der Waals surface area contributed by atoms with Gasteiger partial charge in [0.1, 0.15) is 34.5 Å². The molecule has 6 heteroatoms. The highest BCUT2D eigenvalue weighted by Crippen LogP contribution is 2.56. The normalized spacial score (nSPS) is 13.9. The van der Waals surface area contributed by atoms with Gasteiger partial charge in [0.25, 0.3) is 0 Å². The van der Waals surface area contributed by atoms with Gasteiger partial charge in [0.15, 0.2) is 0 Å². The summed E-state index contributed by atoms with van der Waals surface area (Å²) in [6.45, 7) is 77.6. The van der Waals surface area contributed by atoms with Crippen LogP contribution >= 0.6 is 0 Å². The molecule has 0 radical (unpaired) electrons. The smallest absolute Gasteiger partial charge is 0.123 e. The molecule has 6 aromatic rings. The zero-order valence-electron chi connectivity index (χ0n) is 64.8. The van der Waals surface area contributed by atoms with Crippen LogP contribution < -0.4 is 0 Å². The number of aromatic hydroxyl groups is 6. The minimum absolute atomic E-state index is 0.204. The Balaban J connectivity index is 0.000000334. The number of phenols is 6. The molecule has 0 aliphatic heterocycles. The fraction of sp³-hybridized carbons (Fsp3) is 0.581. The topological polar surface area (TPSA) is 121 Å². The highest BCUT2D eigenvalue weighted by Gasteiger charge is 2.40. The third-order valence-electron chi connectivity index (χ3n) is 18.7. The molecule has 92 heavy (non-hydrogen) atoms. The summed E-state index contributed by atoms with van der Waals surface area (Å²) in [6, 6.07) is 25.4. The van der Waals surface area contributed by atoms with Crippen molar-refractivity contribution in [3.63, 3.8) is 0 Å². The number of phenolic OH excluding ortho intramolecular Hbond substituents is 6. The van der Waals surface area contributed by atoms with E-state index in [-0.39, 0.29) is 99.5 Å². The average molecular weight is 1260 g/mol. The molecule has 508 valence electrons. The lowest BCUT2D eigenvalue weighted by Gasteiger charge is -2.34. The summed E-state index contributed by atoms with van der Waals surface area (Å²) in [5.74, 6) is -0.0298. The molecule has 0 saturated carbocycles. The Hall–Kier alpha value is -5.88. The molecule has 6 aromatic carbocycles. The maximum absolute atomic E-state index is 12.3. The Morgan fingerprint density at radius 3 is 0.337 bits per heavy atom. The van der Waals surface area contributed by atoms with Crippen molar-refractivity contribution in [2.24, 2.45) is 0 Å². The van der Waals surface area contributed by atoms with Crippen LogP contribution in [0.25, 0.3) is 0 Å². The van der Waals surface area contributed by atoms with Crippen LogP contribution in [0.4, 0.5) is 0 Å². The molecule has 0 aliphatic rings. The molecule has 0 spiro atoms. The van der Waals surface area contributed by atoms with E-state index in [0.717, 1.165) is 66.8 Å². The van der Waals surface area contributed by atoms with Gasteiger partial charge in [0.05, 0.1) is 0 Å². The number of hydrogen-bond donors (Lipinski definition) is 6. The molecule has 6 nitrogen and oxygen atoms in total. The van der Waals surface area contributed by atoms with Gasteiger partial charge in [-0.05, 0) is 132 Å². The summed E-state index contributed by atoms with van der Waals surface area (Å²) >= 11 is 0.